The summed E-state index contributed by atoms with van der Waals surface area (Å²) in [6.45, 7) is 6.80. The summed E-state index contributed by atoms with van der Waals surface area (Å²) >= 11 is 0. The lowest BCUT2D eigenvalue weighted by atomic mass is 10.2. The Bertz CT molecular complexity index is 195. The summed E-state index contributed by atoms with van der Waals surface area (Å²) in [5.74, 6) is 0.240. The maximum absolute atomic E-state index is 8.45. The number of nitrogens with zero attached hydrogens (tertiary/aromatic N) is 1. The normalized spacial score (nSPS) is 13.9. The second-order valence-electron chi connectivity index (χ2n) is 3.18. The summed E-state index contributed by atoms with van der Waals surface area (Å²) < 4.78 is 0. The van der Waals surface area contributed by atoms with Crippen LogP contribution in [-0.2, 0) is 0 Å². The van der Waals surface area contributed by atoms with Crippen LogP contribution in [0.3, 0.4) is 0 Å². The third-order valence-corrected chi connectivity index (χ3v) is 1.76. The third kappa shape index (κ3) is 5.25. The summed E-state index contributed by atoms with van der Waals surface area (Å²) in [7, 11) is 0. The highest BCUT2D eigenvalue weighted by Gasteiger charge is 2.08. The van der Waals surface area contributed by atoms with Crippen LogP contribution in [0.2, 0.25) is 0 Å². The summed E-state index contributed by atoms with van der Waals surface area (Å²) in [5.41, 5.74) is 6.71. The molecular weight excluding hydrogens is 166 g/mol. The summed E-state index contributed by atoms with van der Waals surface area (Å²) in [6, 6.07) is -0.0411. The van der Waals surface area contributed by atoms with E-state index >= 15 is 0 Å². The van der Waals surface area contributed by atoms with Gasteiger partial charge in [0.2, 0.25) is 0 Å². The molecule has 4 nitrogen and oxygen atoms in total. The first-order valence-corrected chi connectivity index (χ1v) is 4.46. The summed E-state index contributed by atoms with van der Waals surface area (Å²) in [6.07, 6.45) is 2.87. The van der Waals surface area contributed by atoms with Crippen molar-refractivity contribution < 1.29 is 5.21 Å². The quantitative estimate of drug-likeness (QED) is 0.197. The van der Waals surface area contributed by atoms with E-state index in [-0.39, 0.29) is 11.9 Å². The molecule has 0 aliphatic carbocycles. The van der Waals surface area contributed by atoms with Gasteiger partial charge in [0, 0.05) is 6.54 Å². The van der Waals surface area contributed by atoms with Crippen LogP contribution in [0.15, 0.2) is 16.8 Å². The lowest BCUT2D eigenvalue weighted by Gasteiger charge is -2.13. The first-order chi connectivity index (χ1) is 6.11. The number of amidine groups is 1. The summed E-state index contributed by atoms with van der Waals surface area (Å²) in [4.78, 5) is 0. The molecule has 0 fully saturated rings. The molecule has 0 saturated heterocycles. The number of oxime groups is 1. The Balaban J connectivity index is 3.93. The minimum Gasteiger partial charge on any atom is -0.409 e. The van der Waals surface area contributed by atoms with Crippen molar-refractivity contribution in [3.05, 3.63) is 11.6 Å². The fourth-order valence-electron chi connectivity index (χ4n) is 0.933. The van der Waals surface area contributed by atoms with Crippen molar-refractivity contribution in [1.29, 1.82) is 0 Å². The van der Waals surface area contributed by atoms with Crippen molar-refractivity contribution in [3.63, 3.8) is 0 Å². The smallest absolute Gasteiger partial charge is 0.156 e. The van der Waals surface area contributed by atoms with Crippen molar-refractivity contribution in [2.24, 2.45) is 10.9 Å². The number of nitrogens with one attached hydrogen (secondary N) is 1. The molecule has 1 unspecified atom stereocenters. The van der Waals surface area contributed by atoms with Crippen LogP contribution in [0, 0.1) is 0 Å². The number of hydrogen-bond donors (Lipinski definition) is 3. The molecule has 0 aliphatic rings. The van der Waals surface area contributed by atoms with E-state index in [0.717, 1.165) is 13.0 Å². The molecule has 0 spiro atoms. The van der Waals surface area contributed by atoms with Gasteiger partial charge < -0.3 is 16.3 Å². The lowest BCUT2D eigenvalue weighted by Crippen LogP contribution is -2.41. The SMILES string of the molecule is CCC(NCC=C(C)C)/C(N)=N/O. The zero-order valence-electron chi connectivity index (χ0n) is 8.54. The summed E-state index contributed by atoms with van der Waals surface area (Å²) in [5, 5.41) is 14.6. The zero-order valence-corrected chi connectivity index (χ0v) is 8.54. The molecule has 0 aromatic heterocycles. The average Bonchev–Trinajstić information content (AvgIpc) is 2.11. The van der Waals surface area contributed by atoms with Gasteiger partial charge in [0.1, 0.15) is 0 Å². The van der Waals surface area contributed by atoms with Crippen molar-refractivity contribution in [1.82, 2.24) is 5.32 Å². The molecule has 4 N–H and O–H groups in total. The van der Waals surface area contributed by atoms with Gasteiger partial charge in [-0.2, -0.15) is 0 Å². The van der Waals surface area contributed by atoms with Crippen LogP contribution in [0.4, 0.5) is 0 Å². The van der Waals surface area contributed by atoms with E-state index in [1.165, 1.54) is 5.57 Å². The molecule has 0 bridgehead atoms. The predicted octanol–water partition coefficient (Wildman–Crippen LogP) is 1.07. The Labute approximate surface area is 79.5 Å². The van der Waals surface area contributed by atoms with Gasteiger partial charge in [0.25, 0.3) is 0 Å². The van der Waals surface area contributed by atoms with Gasteiger partial charge in [-0.1, -0.05) is 23.7 Å². The van der Waals surface area contributed by atoms with E-state index in [0.29, 0.717) is 0 Å². The van der Waals surface area contributed by atoms with Gasteiger partial charge in [-0.25, -0.2) is 0 Å². The van der Waals surface area contributed by atoms with E-state index < -0.39 is 0 Å². The van der Waals surface area contributed by atoms with Crippen LogP contribution >= 0.6 is 0 Å². The number of nitrogens with two attached hydrogens (primary N) is 1. The van der Waals surface area contributed by atoms with E-state index in [1.807, 2.05) is 20.8 Å². The molecule has 4 heteroatoms. The maximum Gasteiger partial charge on any atom is 0.156 e. The molecule has 1 atom stereocenters. The van der Waals surface area contributed by atoms with Gasteiger partial charge in [-0.15, -0.1) is 0 Å². The topological polar surface area (TPSA) is 70.6 Å². The van der Waals surface area contributed by atoms with Crippen LogP contribution < -0.4 is 11.1 Å². The first kappa shape index (κ1) is 12.0. The first-order valence-electron chi connectivity index (χ1n) is 4.46. The molecule has 0 aromatic rings. The predicted molar refractivity (Wildman–Crippen MR) is 54.9 cm³/mol. The maximum atomic E-state index is 8.45. The molecule has 0 heterocycles. The number of hydrogen-bond acceptors (Lipinski definition) is 3. The van der Waals surface area contributed by atoms with Crippen LogP contribution in [-0.4, -0.2) is 23.6 Å². The molecular formula is C9H19N3O. The molecule has 13 heavy (non-hydrogen) atoms. The molecule has 0 rings (SSSR count). The zero-order chi connectivity index (χ0) is 10.3. The molecule has 0 radical (unpaired) electrons. The monoisotopic (exact) mass is 185 g/mol. The second-order valence-corrected chi connectivity index (χ2v) is 3.18. The van der Waals surface area contributed by atoms with E-state index in [9.17, 15) is 0 Å². The van der Waals surface area contributed by atoms with Crippen molar-refractivity contribution in [2.45, 2.75) is 33.2 Å². The van der Waals surface area contributed by atoms with Crippen LogP contribution in [0.1, 0.15) is 27.2 Å². The Hall–Kier alpha value is -1.03. The second kappa shape index (κ2) is 6.48. The Kier molecular flexibility index (Phi) is 5.97. The Morgan fingerprint density at radius 2 is 2.23 bits per heavy atom. The number of rotatable bonds is 5. The Morgan fingerprint density at radius 3 is 2.62 bits per heavy atom. The minimum atomic E-state index is -0.0411. The Morgan fingerprint density at radius 1 is 1.62 bits per heavy atom. The fourth-order valence-corrected chi connectivity index (χ4v) is 0.933. The van der Waals surface area contributed by atoms with Gasteiger partial charge in [0.15, 0.2) is 5.84 Å². The molecule has 0 amide bonds. The van der Waals surface area contributed by atoms with Gasteiger partial charge in [-0.3, -0.25) is 0 Å². The molecule has 0 saturated carbocycles. The van der Waals surface area contributed by atoms with E-state index in [1.54, 1.807) is 0 Å². The largest absolute Gasteiger partial charge is 0.409 e. The van der Waals surface area contributed by atoms with Gasteiger partial charge in [0.05, 0.1) is 6.04 Å². The van der Waals surface area contributed by atoms with Crippen molar-refractivity contribution in [3.8, 4) is 0 Å². The standard InChI is InChI=1S/C9H19N3O/c1-4-8(9(10)12-13)11-6-5-7(2)3/h5,8,11,13H,4,6H2,1-3H3,(H2,10,12). The highest BCUT2D eigenvalue weighted by Crippen LogP contribution is 1.92. The highest BCUT2D eigenvalue weighted by molar-refractivity contribution is 5.85. The van der Waals surface area contributed by atoms with Gasteiger partial charge >= 0.3 is 0 Å². The minimum absolute atomic E-state index is 0.0411. The van der Waals surface area contributed by atoms with Crippen LogP contribution in [0.5, 0.6) is 0 Å². The molecule has 0 aliphatic heterocycles. The van der Waals surface area contributed by atoms with Gasteiger partial charge in [-0.05, 0) is 20.3 Å². The van der Waals surface area contributed by atoms with Crippen molar-refractivity contribution >= 4 is 5.84 Å². The van der Waals surface area contributed by atoms with Crippen LogP contribution in [0.25, 0.3) is 0 Å². The molecule has 0 aromatic carbocycles. The highest BCUT2D eigenvalue weighted by atomic mass is 16.4. The third-order valence-electron chi connectivity index (χ3n) is 1.76. The number of allylic oxidation sites excluding steroid dienone is 1. The lowest BCUT2D eigenvalue weighted by molar-refractivity contribution is 0.314. The van der Waals surface area contributed by atoms with E-state index in [4.69, 9.17) is 10.9 Å². The van der Waals surface area contributed by atoms with Crippen molar-refractivity contribution in [2.75, 3.05) is 6.54 Å². The average molecular weight is 185 g/mol. The molecule has 76 valence electrons. The van der Waals surface area contributed by atoms with E-state index in [2.05, 4.69) is 16.5 Å². The fraction of sp³-hybridized carbons (Fsp3) is 0.667.